The maximum Gasteiger partial charge on any atom is 1.00 e. The summed E-state index contributed by atoms with van der Waals surface area (Å²) in [7, 11) is -1.01. The highest BCUT2D eigenvalue weighted by Gasteiger charge is 2.27. The van der Waals surface area contributed by atoms with Gasteiger partial charge in [-0.3, -0.25) is 8.42 Å². The van der Waals surface area contributed by atoms with Crippen LogP contribution in [-0.2, 0) is 30.9 Å². The summed E-state index contributed by atoms with van der Waals surface area (Å²) in [5, 5.41) is 0. The lowest BCUT2D eigenvalue weighted by Gasteiger charge is -2.06. The number of rotatable bonds is 3. The minimum atomic E-state index is -5.17. The zero-order valence-electron chi connectivity index (χ0n) is 16.0. The molecule has 0 aliphatic heterocycles. The quantitative estimate of drug-likeness (QED) is 0.299. The Morgan fingerprint density at radius 3 is 1.93 bits per heavy atom. The third-order valence-electron chi connectivity index (χ3n) is 4.04. The van der Waals surface area contributed by atoms with Gasteiger partial charge < -0.3 is 9.11 Å². The molecule has 1 heterocycles. The molecule has 0 bridgehead atoms. The molecule has 7 heteroatoms. The molecular weight excluding hydrogens is 364 g/mol. The van der Waals surface area contributed by atoms with E-state index in [1.807, 2.05) is 12.1 Å². The Balaban J connectivity index is 0.000000584. The summed E-state index contributed by atoms with van der Waals surface area (Å²) in [6, 6.07) is 20.8. The van der Waals surface area contributed by atoms with Crippen LogP contribution in [0.4, 0.5) is 0 Å². The van der Waals surface area contributed by atoms with Gasteiger partial charge in [-0.05, 0) is 12.1 Å². The molecule has 0 unspecified atom stereocenters. The lowest BCUT2D eigenvalue weighted by molar-refractivity contribution is -0.740. The van der Waals surface area contributed by atoms with Gasteiger partial charge in [-0.25, -0.2) is 0 Å². The van der Waals surface area contributed by atoms with E-state index in [9.17, 15) is 0 Å². The largest absolute Gasteiger partial charge is 1.00 e. The molecule has 0 spiro atoms. The van der Waals surface area contributed by atoms with Gasteiger partial charge >= 0.3 is 1.43 Å². The van der Waals surface area contributed by atoms with Crippen LogP contribution >= 0.6 is 0 Å². The summed E-state index contributed by atoms with van der Waals surface area (Å²) in [4.78, 5) is 0. The third-order valence-corrected chi connectivity index (χ3v) is 4.04. The first-order valence-corrected chi connectivity index (χ1v) is 9.36. The van der Waals surface area contributed by atoms with E-state index in [2.05, 4.69) is 77.9 Å². The van der Waals surface area contributed by atoms with E-state index in [1.54, 1.807) is 0 Å². The summed E-state index contributed by atoms with van der Waals surface area (Å²) < 4.78 is 38.4. The molecule has 0 fully saturated rings. The Morgan fingerprint density at radius 2 is 1.48 bits per heavy atom. The molecule has 0 N–H and O–H groups in total. The fraction of sp³-hybridized carbons (Fsp3) is 0.150. The van der Waals surface area contributed by atoms with E-state index in [4.69, 9.17) is 23.9 Å². The Kier molecular flexibility index (Phi) is 6.53. The smallest absolute Gasteiger partial charge is 0.759 e. The topological polar surface area (TPSA) is 89.1 Å². The van der Waals surface area contributed by atoms with E-state index in [0.717, 1.165) is 0 Å². The lowest BCUT2D eigenvalue weighted by Crippen LogP contribution is -2.39. The molecule has 0 radical (unpaired) electrons. The number of hydrogen-bond donors (Lipinski definition) is 0. The Morgan fingerprint density at radius 1 is 1.04 bits per heavy atom. The molecule has 0 saturated heterocycles. The molecule has 2 aromatic carbocycles. The number of nitrogens with zero attached hydrogens (tertiary/aromatic N) is 2. The van der Waals surface area contributed by atoms with E-state index in [-0.39, 0.29) is 1.43 Å². The second-order valence-corrected chi connectivity index (χ2v) is 6.56. The van der Waals surface area contributed by atoms with Gasteiger partial charge in [0.15, 0.2) is 7.05 Å². The maximum atomic E-state index is 8.52. The SMILES string of the molecule is C#CCc1c(-c2ccccc2)n(C)[n+](C)c1-c1ccccc1.O=S(=O)([O-])[O-].[H+]. The molecule has 0 aliphatic rings. The predicted molar refractivity (Wildman–Crippen MR) is 102 cm³/mol. The molecule has 1 aromatic heterocycles. The summed E-state index contributed by atoms with van der Waals surface area (Å²) in [6.45, 7) is 0. The maximum absolute atomic E-state index is 8.52. The lowest BCUT2D eigenvalue weighted by atomic mass is 9.99. The van der Waals surface area contributed by atoms with Crippen molar-refractivity contribution in [2.45, 2.75) is 6.42 Å². The highest BCUT2D eigenvalue weighted by Crippen LogP contribution is 2.30. The van der Waals surface area contributed by atoms with Crippen LogP contribution in [0.25, 0.3) is 22.5 Å². The van der Waals surface area contributed by atoms with Gasteiger partial charge in [-0.2, -0.15) is 4.68 Å². The summed E-state index contributed by atoms with van der Waals surface area (Å²) in [6.07, 6.45) is 6.26. The number of terminal acetylenes is 1. The van der Waals surface area contributed by atoms with Crippen molar-refractivity contribution in [2.75, 3.05) is 0 Å². The van der Waals surface area contributed by atoms with Crippen LogP contribution in [0.15, 0.2) is 60.7 Å². The Bertz CT molecular complexity index is 986. The Hall–Kier alpha value is -2.92. The van der Waals surface area contributed by atoms with Crippen LogP contribution in [0.1, 0.15) is 6.99 Å². The normalized spacial score (nSPS) is 10.6. The highest BCUT2D eigenvalue weighted by molar-refractivity contribution is 7.79. The van der Waals surface area contributed by atoms with Crippen LogP contribution < -0.4 is 4.68 Å². The molecule has 140 valence electrons. The van der Waals surface area contributed by atoms with Crippen LogP contribution in [0.5, 0.6) is 0 Å². The monoisotopic (exact) mass is 384 g/mol. The van der Waals surface area contributed by atoms with Crippen LogP contribution in [0.3, 0.4) is 0 Å². The second-order valence-electron chi connectivity index (χ2n) is 5.74. The van der Waals surface area contributed by atoms with Gasteiger partial charge in [-0.1, -0.05) is 48.5 Å². The second kappa shape index (κ2) is 8.64. The number of hydrogen-bond acceptors (Lipinski definition) is 4. The Labute approximate surface area is 160 Å². The third kappa shape index (κ3) is 5.28. The van der Waals surface area contributed by atoms with Crippen molar-refractivity contribution in [2.24, 2.45) is 14.1 Å². The number of aromatic nitrogens is 2. The van der Waals surface area contributed by atoms with Crippen molar-refractivity contribution < 1.29 is 23.6 Å². The minimum absolute atomic E-state index is 0. The first-order valence-electron chi connectivity index (χ1n) is 8.03. The fourth-order valence-electron chi connectivity index (χ4n) is 2.99. The molecule has 3 aromatic rings. The van der Waals surface area contributed by atoms with Crippen molar-refractivity contribution in [3.63, 3.8) is 0 Å². The molecule has 0 atom stereocenters. The zero-order chi connectivity index (χ0) is 20.0. The first kappa shape index (κ1) is 20.4. The van der Waals surface area contributed by atoms with Crippen molar-refractivity contribution in [3.8, 4) is 34.9 Å². The predicted octanol–water partition coefficient (Wildman–Crippen LogP) is 2.13. The summed E-state index contributed by atoms with van der Waals surface area (Å²) in [5.74, 6) is 2.82. The van der Waals surface area contributed by atoms with Gasteiger partial charge in [0, 0.05) is 27.9 Å². The first-order chi connectivity index (χ1) is 12.7. The molecular formula is C20H20N2O4S. The van der Waals surface area contributed by atoms with Crippen molar-refractivity contribution in [1.82, 2.24) is 4.68 Å². The summed E-state index contributed by atoms with van der Waals surface area (Å²) >= 11 is 0. The average molecular weight is 384 g/mol. The molecule has 6 nitrogen and oxygen atoms in total. The standard InChI is InChI=1S/C20H19N2.H2O4S/c1-4-11-18-19(16-12-7-5-8-13-16)21(2)22(3)20(18)17-14-9-6-10-15-17;1-5(2,3)4/h1,5-10,12-15H,11H2,2-3H3;(H2,1,2,3,4)/q+1;/p-1. The van der Waals surface area contributed by atoms with Crippen LogP contribution in [0.2, 0.25) is 0 Å². The van der Waals surface area contributed by atoms with E-state index < -0.39 is 10.4 Å². The van der Waals surface area contributed by atoms with Crippen LogP contribution in [-0.4, -0.2) is 22.2 Å². The van der Waals surface area contributed by atoms with Crippen molar-refractivity contribution in [3.05, 3.63) is 66.2 Å². The average Bonchev–Trinajstić information content (AvgIpc) is 2.86. The van der Waals surface area contributed by atoms with Crippen molar-refractivity contribution >= 4 is 10.4 Å². The van der Waals surface area contributed by atoms with Crippen molar-refractivity contribution in [1.29, 1.82) is 0 Å². The molecule has 3 rings (SSSR count). The highest BCUT2D eigenvalue weighted by atomic mass is 32.3. The van der Waals surface area contributed by atoms with Gasteiger partial charge in [0.1, 0.15) is 5.69 Å². The van der Waals surface area contributed by atoms with Gasteiger partial charge in [-0.15, -0.1) is 17.0 Å². The van der Waals surface area contributed by atoms with Crippen LogP contribution in [0, 0.1) is 12.3 Å². The molecule has 0 saturated carbocycles. The van der Waals surface area contributed by atoms with Gasteiger partial charge in [0.05, 0.1) is 12.6 Å². The van der Waals surface area contributed by atoms with Gasteiger partial charge in [0.25, 0.3) is 0 Å². The molecule has 27 heavy (non-hydrogen) atoms. The zero-order valence-corrected chi connectivity index (χ0v) is 15.8. The van der Waals surface area contributed by atoms with E-state index >= 15 is 0 Å². The van der Waals surface area contributed by atoms with E-state index in [0.29, 0.717) is 6.42 Å². The minimum Gasteiger partial charge on any atom is -0.759 e. The molecule has 0 aliphatic carbocycles. The number of benzene rings is 2. The summed E-state index contributed by atoms with van der Waals surface area (Å²) in [5.41, 5.74) is 5.94. The van der Waals surface area contributed by atoms with E-state index in [1.165, 1.54) is 28.1 Å². The fourth-order valence-corrected chi connectivity index (χ4v) is 2.99. The molecule has 0 amide bonds. The van der Waals surface area contributed by atoms with Gasteiger partial charge in [0.2, 0.25) is 5.69 Å².